The number of hydrogen-bond acceptors (Lipinski definition) is 3. The summed E-state index contributed by atoms with van der Waals surface area (Å²) in [7, 11) is -3.61. The van der Waals surface area contributed by atoms with E-state index in [1.807, 2.05) is 0 Å². The van der Waals surface area contributed by atoms with Crippen LogP contribution in [0.5, 0.6) is 0 Å². The van der Waals surface area contributed by atoms with E-state index in [0.717, 1.165) is 37.8 Å². The predicted molar refractivity (Wildman–Crippen MR) is 72.6 cm³/mol. The van der Waals surface area contributed by atoms with Crippen LogP contribution >= 0.6 is 0 Å². The summed E-state index contributed by atoms with van der Waals surface area (Å²) in [6.45, 7) is 2.54. The van der Waals surface area contributed by atoms with E-state index < -0.39 is 15.8 Å². The number of benzene rings is 1. The van der Waals surface area contributed by atoms with Crippen LogP contribution in [-0.2, 0) is 10.0 Å². The lowest BCUT2D eigenvalue weighted by atomic mass is 10.0. The molecule has 1 aromatic rings. The van der Waals surface area contributed by atoms with Gasteiger partial charge in [0, 0.05) is 6.54 Å². The number of nitrogens with two attached hydrogens (primary N) is 1. The number of rotatable bonds is 6. The number of hydrogen-bond donors (Lipinski definition) is 2. The summed E-state index contributed by atoms with van der Waals surface area (Å²) in [6.07, 6.45) is 4.20. The highest BCUT2D eigenvalue weighted by Crippen LogP contribution is 2.49. The quantitative estimate of drug-likeness (QED) is 0.788. The molecule has 0 radical (unpaired) electrons. The monoisotopic (exact) mass is 286 g/mol. The maximum absolute atomic E-state index is 13.0. The molecule has 0 saturated heterocycles. The second-order valence-electron chi connectivity index (χ2n) is 5.26. The van der Waals surface area contributed by atoms with Gasteiger partial charge in [-0.2, -0.15) is 0 Å². The first kappa shape index (κ1) is 14.3. The summed E-state index contributed by atoms with van der Waals surface area (Å²) < 4.78 is 39.8. The van der Waals surface area contributed by atoms with Crippen LogP contribution in [-0.4, -0.2) is 15.0 Å². The zero-order valence-corrected chi connectivity index (χ0v) is 11.8. The molecule has 0 aliphatic heterocycles. The normalized spacial score (nSPS) is 17.4. The Hall–Kier alpha value is -1.14. The summed E-state index contributed by atoms with van der Waals surface area (Å²) in [5.41, 5.74) is 5.37. The van der Waals surface area contributed by atoms with Gasteiger partial charge in [0.05, 0.1) is 10.6 Å². The first-order valence-electron chi connectivity index (χ1n) is 6.43. The number of anilines is 1. The Kier molecular flexibility index (Phi) is 3.82. The van der Waals surface area contributed by atoms with Crippen LogP contribution < -0.4 is 10.5 Å². The molecule has 3 N–H and O–H groups in total. The Morgan fingerprint density at radius 1 is 1.42 bits per heavy atom. The molecule has 0 heterocycles. The third-order valence-corrected chi connectivity index (χ3v) is 5.05. The van der Waals surface area contributed by atoms with Crippen LogP contribution in [0.25, 0.3) is 0 Å². The molecule has 19 heavy (non-hydrogen) atoms. The highest BCUT2D eigenvalue weighted by molar-refractivity contribution is 7.89. The number of sulfonamides is 1. The molecule has 106 valence electrons. The highest BCUT2D eigenvalue weighted by atomic mass is 32.2. The van der Waals surface area contributed by atoms with Crippen molar-refractivity contribution in [3.05, 3.63) is 24.0 Å². The maximum atomic E-state index is 13.0. The summed E-state index contributed by atoms with van der Waals surface area (Å²) in [5, 5.41) is 0. The van der Waals surface area contributed by atoms with Crippen molar-refractivity contribution < 1.29 is 12.8 Å². The first-order valence-corrected chi connectivity index (χ1v) is 7.92. The molecule has 0 atom stereocenters. The number of nitrogens with one attached hydrogen (secondary N) is 1. The van der Waals surface area contributed by atoms with Crippen molar-refractivity contribution in [2.75, 3.05) is 12.3 Å². The van der Waals surface area contributed by atoms with Crippen molar-refractivity contribution in [1.82, 2.24) is 4.72 Å². The molecule has 1 saturated carbocycles. The zero-order chi connectivity index (χ0) is 14.1. The van der Waals surface area contributed by atoms with E-state index in [-0.39, 0.29) is 16.0 Å². The summed E-state index contributed by atoms with van der Waals surface area (Å²) in [4.78, 5) is 0.0127. The summed E-state index contributed by atoms with van der Waals surface area (Å²) in [6, 6.07) is 3.45. The molecule has 2 rings (SSSR count). The molecule has 1 aromatic carbocycles. The molecule has 4 nitrogen and oxygen atoms in total. The van der Waals surface area contributed by atoms with Gasteiger partial charge in [0.25, 0.3) is 0 Å². The lowest BCUT2D eigenvalue weighted by molar-refractivity contribution is 0.449. The van der Waals surface area contributed by atoms with Gasteiger partial charge < -0.3 is 5.73 Å². The third-order valence-electron chi connectivity index (χ3n) is 3.65. The molecule has 1 aliphatic rings. The van der Waals surface area contributed by atoms with Crippen molar-refractivity contribution in [3.63, 3.8) is 0 Å². The summed E-state index contributed by atoms with van der Waals surface area (Å²) in [5.74, 6) is -0.608. The maximum Gasteiger partial charge on any atom is 0.240 e. The van der Waals surface area contributed by atoms with Crippen LogP contribution in [0.2, 0.25) is 0 Å². The van der Waals surface area contributed by atoms with E-state index in [1.165, 1.54) is 6.07 Å². The van der Waals surface area contributed by atoms with Crippen LogP contribution in [0.15, 0.2) is 23.1 Å². The third kappa shape index (κ3) is 3.25. The van der Waals surface area contributed by atoms with Gasteiger partial charge >= 0.3 is 0 Å². The van der Waals surface area contributed by atoms with Crippen molar-refractivity contribution in [3.8, 4) is 0 Å². The van der Waals surface area contributed by atoms with E-state index in [1.54, 1.807) is 0 Å². The Labute approximate surface area is 113 Å². The van der Waals surface area contributed by atoms with Gasteiger partial charge in [0.2, 0.25) is 10.0 Å². The average Bonchev–Trinajstić information content (AvgIpc) is 3.11. The molecular weight excluding hydrogens is 267 g/mol. The predicted octanol–water partition coefficient (Wildman–Crippen LogP) is 2.27. The lowest BCUT2D eigenvalue weighted by Gasteiger charge is -2.15. The molecule has 0 bridgehead atoms. The number of halogens is 1. The molecule has 6 heteroatoms. The molecule has 1 aliphatic carbocycles. The smallest absolute Gasteiger partial charge is 0.240 e. The molecule has 0 amide bonds. The van der Waals surface area contributed by atoms with Crippen molar-refractivity contribution >= 4 is 15.7 Å². The molecular formula is C13H19FN2O2S. The van der Waals surface area contributed by atoms with Crippen LogP contribution in [0.1, 0.15) is 32.6 Å². The Balaban J connectivity index is 2.08. The fraction of sp³-hybridized carbons (Fsp3) is 0.538. The highest BCUT2D eigenvalue weighted by Gasteiger charge is 2.42. The Bertz CT molecular complexity index is 568. The van der Waals surface area contributed by atoms with Crippen LogP contribution in [0, 0.1) is 11.2 Å². The lowest BCUT2D eigenvalue weighted by Crippen LogP contribution is -2.30. The van der Waals surface area contributed by atoms with Gasteiger partial charge in [-0.15, -0.1) is 0 Å². The minimum Gasteiger partial charge on any atom is -0.396 e. The molecule has 0 aromatic heterocycles. The van der Waals surface area contributed by atoms with E-state index >= 15 is 0 Å². The second-order valence-corrected chi connectivity index (χ2v) is 7.02. The van der Waals surface area contributed by atoms with Gasteiger partial charge in [-0.05, 0) is 42.9 Å². The SMILES string of the molecule is CCCC1(CNS(=O)(=O)c2ccc(F)c(N)c2)CC1. The standard InChI is InChI=1S/C13H19FN2O2S/c1-2-5-13(6-7-13)9-16-19(17,18)10-3-4-11(14)12(15)8-10/h3-4,8,16H,2,5-7,9,15H2,1H3. The number of nitrogen functional groups attached to an aromatic ring is 1. The fourth-order valence-electron chi connectivity index (χ4n) is 2.24. The van der Waals surface area contributed by atoms with E-state index in [2.05, 4.69) is 11.6 Å². The Morgan fingerprint density at radius 2 is 2.11 bits per heavy atom. The van der Waals surface area contributed by atoms with Gasteiger partial charge in [-0.1, -0.05) is 13.3 Å². The minimum atomic E-state index is -3.61. The fourth-order valence-corrected chi connectivity index (χ4v) is 3.43. The van der Waals surface area contributed by atoms with Crippen LogP contribution in [0.3, 0.4) is 0 Å². The van der Waals surface area contributed by atoms with Gasteiger partial charge in [0.1, 0.15) is 5.82 Å². The average molecular weight is 286 g/mol. The van der Waals surface area contributed by atoms with Crippen molar-refractivity contribution in [2.24, 2.45) is 5.41 Å². The van der Waals surface area contributed by atoms with Gasteiger partial charge in [-0.25, -0.2) is 17.5 Å². The van der Waals surface area contributed by atoms with Crippen molar-refractivity contribution in [1.29, 1.82) is 0 Å². The van der Waals surface area contributed by atoms with E-state index in [4.69, 9.17) is 5.73 Å². The van der Waals surface area contributed by atoms with Crippen LogP contribution in [0.4, 0.5) is 10.1 Å². The zero-order valence-electron chi connectivity index (χ0n) is 10.9. The largest absolute Gasteiger partial charge is 0.396 e. The van der Waals surface area contributed by atoms with Gasteiger partial charge in [0.15, 0.2) is 0 Å². The minimum absolute atomic E-state index is 0.0127. The van der Waals surface area contributed by atoms with Gasteiger partial charge in [-0.3, -0.25) is 0 Å². The first-order chi connectivity index (χ1) is 8.88. The molecule has 0 unspecified atom stereocenters. The second kappa shape index (κ2) is 5.09. The topological polar surface area (TPSA) is 72.2 Å². The Morgan fingerprint density at radius 3 is 2.63 bits per heavy atom. The molecule has 0 spiro atoms. The summed E-state index contributed by atoms with van der Waals surface area (Å²) >= 11 is 0. The van der Waals surface area contributed by atoms with E-state index in [0.29, 0.717) is 6.54 Å². The molecule has 1 fully saturated rings. The van der Waals surface area contributed by atoms with Crippen molar-refractivity contribution in [2.45, 2.75) is 37.5 Å². The van der Waals surface area contributed by atoms with E-state index in [9.17, 15) is 12.8 Å².